The lowest BCUT2D eigenvalue weighted by Crippen LogP contribution is -2.49. The van der Waals surface area contributed by atoms with Gasteiger partial charge in [-0.25, -0.2) is 4.79 Å². The number of halogens is 3. The Labute approximate surface area is 185 Å². The van der Waals surface area contributed by atoms with E-state index in [-0.39, 0.29) is 23.2 Å². The monoisotopic (exact) mass is 451 g/mol. The van der Waals surface area contributed by atoms with Crippen molar-refractivity contribution in [1.29, 1.82) is 0 Å². The number of fused-ring (bicyclic) bond motifs is 2. The van der Waals surface area contributed by atoms with Crippen LogP contribution in [0.4, 0.5) is 13.2 Å². The molecule has 0 fully saturated rings. The molecule has 9 heteroatoms. The van der Waals surface area contributed by atoms with Crippen LogP contribution in [-0.4, -0.2) is 33.2 Å². The number of ether oxygens (including phenoxy) is 1. The van der Waals surface area contributed by atoms with Gasteiger partial charge < -0.3 is 4.74 Å². The molecule has 0 saturated heterocycles. The molecule has 1 N–H and O–H groups in total. The number of carbonyl (C=O) groups excluding carboxylic acids is 2. The standard InChI is InChI=1S/C24H16F3N3O3/c25-24(26,27)22(32)33-23(17-11-10-16-13-28-29-20(16)12-17)19-9-5-4-8-18(19)21(31)30(23)14-15-6-2-1-3-7-15/h1-13H,14H2,(H,28,29). The Balaban J connectivity index is 1.77. The van der Waals surface area contributed by atoms with E-state index in [1.54, 1.807) is 60.8 Å². The molecule has 5 rings (SSSR count). The third-order valence-corrected chi connectivity index (χ3v) is 5.64. The molecule has 0 bridgehead atoms. The normalized spacial score (nSPS) is 17.9. The summed E-state index contributed by atoms with van der Waals surface area (Å²) < 4.78 is 45.5. The Bertz CT molecular complexity index is 1370. The molecule has 4 aromatic rings. The molecule has 1 aliphatic rings. The molecule has 33 heavy (non-hydrogen) atoms. The number of carbonyl (C=O) groups is 2. The second-order valence-corrected chi connectivity index (χ2v) is 7.63. The first-order chi connectivity index (χ1) is 15.8. The number of rotatable bonds is 4. The predicted molar refractivity (Wildman–Crippen MR) is 112 cm³/mol. The van der Waals surface area contributed by atoms with E-state index in [0.717, 1.165) is 4.90 Å². The zero-order chi connectivity index (χ0) is 23.2. The third kappa shape index (κ3) is 3.32. The first-order valence-electron chi connectivity index (χ1n) is 10.00. The van der Waals surface area contributed by atoms with Gasteiger partial charge in [-0.15, -0.1) is 0 Å². The summed E-state index contributed by atoms with van der Waals surface area (Å²) in [4.78, 5) is 26.9. The van der Waals surface area contributed by atoms with E-state index in [2.05, 4.69) is 10.2 Å². The molecule has 0 saturated carbocycles. The van der Waals surface area contributed by atoms with Crippen molar-refractivity contribution in [1.82, 2.24) is 15.1 Å². The molecule has 1 amide bonds. The lowest BCUT2D eigenvalue weighted by atomic mass is 9.92. The fourth-order valence-electron chi connectivity index (χ4n) is 4.17. The van der Waals surface area contributed by atoms with E-state index in [0.29, 0.717) is 16.5 Å². The highest BCUT2D eigenvalue weighted by atomic mass is 19.4. The summed E-state index contributed by atoms with van der Waals surface area (Å²) in [5.74, 6) is -2.94. The summed E-state index contributed by atoms with van der Waals surface area (Å²) in [6, 6.07) is 19.7. The van der Waals surface area contributed by atoms with Gasteiger partial charge in [0, 0.05) is 22.1 Å². The maximum absolute atomic E-state index is 13.5. The van der Waals surface area contributed by atoms with Crippen LogP contribution in [0.1, 0.15) is 27.0 Å². The van der Waals surface area contributed by atoms with Gasteiger partial charge in [-0.2, -0.15) is 18.3 Å². The lowest BCUT2D eigenvalue weighted by Gasteiger charge is -2.39. The Kier molecular flexibility index (Phi) is 4.70. The average molecular weight is 451 g/mol. The number of amides is 1. The SMILES string of the molecule is O=C1c2ccccc2C(OC(=O)C(F)(F)F)(c2ccc3cn[nH]c3c2)N1Cc1ccccc1. The van der Waals surface area contributed by atoms with E-state index in [1.165, 1.54) is 18.2 Å². The van der Waals surface area contributed by atoms with E-state index < -0.39 is 23.8 Å². The average Bonchev–Trinajstić information content (AvgIpc) is 3.36. The summed E-state index contributed by atoms with van der Waals surface area (Å²) in [5, 5.41) is 7.42. The number of nitrogens with zero attached hydrogens (tertiary/aromatic N) is 2. The summed E-state index contributed by atoms with van der Waals surface area (Å²) in [6.45, 7) is -0.0828. The molecule has 1 aromatic heterocycles. The van der Waals surface area contributed by atoms with Gasteiger partial charge in [-0.05, 0) is 17.7 Å². The van der Waals surface area contributed by atoms with Gasteiger partial charge in [0.1, 0.15) is 0 Å². The highest BCUT2D eigenvalue weighted by Gasteiger charge is 2.57. The van der Waals surface area contributed by atoms with Crippen molar-refractivity contribution in [2.75, 3.05) is 0 Å². The summed E-state index contributed by atoms with van der Waals surface area (Å²) in [7, 11) is 0. The van der Waals surface area contributed by atoms with Crippen LogP contribution in [0.5, 0.6) is 0 Å². The number of benzene rings is 3. The van der Waals surface area contributed by atoms with Crippen LogP contribution in [0.3, 0.4) is 0 Å². The van der Waals surface area contributed by atoms with Gasteiger partial charge in [0.25, 0.3) is 5.91 Å². The number of alkyl halides is 3. The van der Waals surface area contributed by atoms with Crippen LogP contribution in [0.15, 0.2) is 79.0 Å². The fraction of sp³-hybridized carbons (Fsp3) is 0.125. The number of aromatic amines is 1. The molecular weight excluding hydrogens is 435 g/mol. The van der Waals surface area contributed by atoms with Crippen molar-refractivity contribution in [3.63, 3.8) is 0 Å². The maximum atomic E-state index is 13.5. The Morgan fingerprint density at radius 3 is 2.52 bits per heavy atom. The van der Waals surface area contributed by atoms with Crippen LogP contribution in [0, 0.1) is 0 Å². The number of hydrogen-bond acceptors (Lipinski definition) is 4. The quantitative estimate of drug-likeness (QED) is 0.463. The van der Waals surface area contributed by atoms with Crippen molar-refractivity contribution < 1.29 is 27.5 Å². The number of esters is 1. The molecule has 166 valence electrons. The zero-order valence-corrected chi connectivity index (χ0v) is 17.0. The van der Waals surface area contributed by atoms with Crippen molar-refractivity contribution in [2.45, 2.75) is 18.4 Å². The Hall–Kier alpha value is -4.14. The minimum absolute atomic E-state index is 0.0828. The number of aromatic nitrogens is 2. The summed E-state index contributed by atoms with van der Waals surface area (Å²) in [6.07, 6.45) is -3.70. The maximum Gasteiger partial charge on any atom is 0.491 e. The first-order valence-corrected chi connectivity index (χ1v) is 10.00. The molecule has 3 aromatic carbocycles. The van der Waals surface area contributed by atoms with Gasteiger partial charge in [0.05, 0.1) is 18.3 Å². The van der Waals surface area contributed by atoms with E-state index in [1.807, 2.05) is 0 Å². The summed E-state index contributed by atoms with van der Waals surface area (Å²) >= 11 is 0. The van der Waals surface area contributed by atoms with Crippen molar-refractivity contribution in [3.8, 4) is 0 Å². The zero-order valence-electron chi connectivity index (χ0n) is 17.0. The highest BCUT2D eigenvalue weighted by molar-refractivity contribution is 6.01. The molecule has 6 nitrogen and oxygen atoms in total. The minimum atomic E-state index is -5.26. The van der Waals surface area contributed by atoms with Gasteiger partial charge >= 0.3 is 12.1 Å². The number of H-pyrrole nitrogens is 1. The lowest BCUT2D eigenvalue weighted by molar-refractivity contribution is -0.222. The van der Waals surface area contributed by atoms with Crippen LogP contribution in [0.2, 0.25) is 0 Å². The van der Waals surface area contributed by atoms with Gasteiger partial charge in [-0.3, -0.25) is 14.8 Å². The molecule has 1 unspecified atom stereocenters. The minimum Gasteiger partial charge on any atom is -0.423 e. The predicted octanol–water partition coefficient (Wildman–Crippen LogP) is 4.53. The molecule has 0 spiro atoms. The second kappa shape index (κ2) is 7.47. The third-order valence-electron chi connectivity index (χ3n) is 5.64. The topological polar surface area (TPSA) is 75.3 Å². The number of hydrogen-bond donors (Lipinski definition) is 1. The molecule has 1 aliphatic heterocycles. The van der Waals surface area contributed by atoms with Gasteiger partial charge in [-0.1, -0.05) is 60.7 Å². The Morgan fingerprint density at radius 1 is 1.03 bits per heavy atom. The molecular formula is C24H16F3N3O3. The van der Waals surface area contributed by atoms with Crippen molar-refractivity contribution in [3.05, 3.63) is 101 Å². The van der Waals surface area contributed by atoms with Gasteiger partial charge in [0.2, 0.25) is 5.72 Å². The van der Waals surface area contributed by atoms with Gasteiger partial charge in [0.15, 0.2) is 0 Å². The Morgan fingerprint density at radius 2 is 1.76 bits per heavy atom. The van der Waals surface area contributed by atoms with Crippen molar-refractivity contribution in [2.24, 2.45) is 0 Å². The molecule has 2 heterocycles. The molecule has 0 radical (unpaired) electrons. The first kappa shape index (κ1) is 20.7. The fourth-order valence-corrected chi connectivity index (χ4v) is 4.17. The van der Waals surface area contributed by atoms with E-state index in [9.17, 15) is 22.8 Å². The molecule has 0 aliphatic carbocycles. The van der Waals surface area contributed by atoms with Crippen LogP contribution >= 0.6 is 0 Å². The van der Waals surface area contributed by atoms with E-state index >= 15 is 0 Å². The van der Waals surface area contributed by atoms with Crippen LogP contribution in [-0.2, 0) is 21.8 Å². The van der Waals surface area contributed by atoms with Crippen LogP contribution < -0.4 is 0 Å². The smallest absolute Gasteiger partial charge is 0.423 e. The second-order valence-electron chi connectivity index (χ2n) is 7.63. The largest absolute Gasteiger partial charge is 0.491 e. The summed E-state index contributed by atoms with van der Waals surface area (Å²) in [5.41, 5.74) is -0.447. The van der Waals surface area contributed by atoms with Crippen molar-refractivity contribution >= 4 is 22.8 Å². The van der Waals surface area contributed by atoms with Crippen LogP contribution in [0.25, 0.3) is 10.9 Å². The molecule has 1 atom stereocenters. The number of nitrogens with one attached hydrogen (secondary N) is 1. The highest BCUT2D eigenvalue weighted by Crippen LogP contribution is 2.47. The van der Waals surface area contributed by atoms with E-state index in [4.69, 9.17) is 4.74 Å².